The van der Waals surface area contributed by atoms with E-state index in [4.69, 9.17) is 52.1 Å². The molecule has 0 radical (unpaired) electrons. The van der Waals surface area contributed by atoms with Crippen molar-refractivity contribution in [3.8, 4) is 0 Å². The topological polar surface area (TPSA) is 75.1 Å². The van der Waals surface area contributed by atoms with Crippen LogP contribution in [0.1, 0.15) is 11.1 Å². The molecule has 0 spiro atoms. The molecule has 0 aliphatic heterocycles. The van der Waals surface area contributed by atoms with Crippen LogP contribution in [0.15, 0.2) is 51.7 Å². The predicted octanol–water partition coefficient (Wildman–Crippen LogP) is 4.57. The molecule has 124 valence electrons. The quantitative estimate of drug-likeness (QED) is 0.446. The van der Waals surface area contributed by atoms with Crippen molar-refractivity contribution in [2.75, 3.05) is 0 Å². The van der Waals surface area contributed by atoms with Gasteiger partial charge in [-0.1, -0.05) is 58.5 Å². The molecule has 24 heavy (non-hydrogen) atoms. The van der Waals surface area contributed by atoms with Crippen molar-refractivity contribution in [2.24, 2.45) is 21.0 Å². The van der Waals surface area contributed by atoms with Gasteiger partial charge in [0.1, 0.15) is 0 Å². The molecule has 0 bridgehead atoms. The molecule has 2 aromatic rings. The second-order valence-corrected chi connectivity index (χ2v) is 6.08. The Labute approximate surface area is 158 Å². The molecule has 0 saturated carbocycles. The molecule has 0 heterocycles. The average molecular weight is 403 g/mol. The van der Waals surface area contributed by atoms with Gasteiger partial charge >= 0.3 is 0 Å². The monoisotopic (exact) mass is 401 g/mol. The van der Waals surface area contributed by atoms with Crippen molar-refractivity contribution < 1.29 is 0 Å². The number of hydrogen-bond acceptors (Lipinski definition) is 3. The van der Waals surface area contributed by atoms with Crippen LogP contribution < -0.4 is 11.2 Å². The Kier molecular flexibility index (Phi) is 6.87. The maximum absolute atomic E-state index is 5.90. The van der Waals surface area contributed by atoms with Crippen LogP contribution in [-0.4, -0.2) is 18.4 Å². The van der Waals surface area contributed by atoms with Gasteiger partial charge in [0.2, 0.25) is 5.96 Å². The molecule has 2 aromatic carbocycles. The number of guanidine groups is 1. The number of benzene rings is 2. The first-order chi connectivity index (χ1) is 11.5. The maximum atomic E-state index is 5.90. The smallest absolute Gasteiger partial charge is 0.234 e. The van der Waals surface area contributed by atoms with Gasteiger partial charge in [0, 0.05) is 0 Å². The van der Waals surface area contributed by atoms with Crippen LogP contribution in [0.25, 0.3) is 0 Å². The van der Waals surface area contributed by atoms with Gasteiger partial charge in [0.15, 0.2) is 0 Å². The Morgan fingerprint density at radius 3 is 1.92 bits per heavy atom. The van der Waals surface area contributed by atoms with Crippen LogP contribution in [-0.2, 0) is 0 Å². The first-order valence-corrected chi connectivity index (χ1v) is 8.02. The summed E-state index contributed by atoms with van der Waals surface area (Å²) in [5.74, 6) is 0.0163. The van der Waals surface area contributed by atoms with Crippen LogP contribution >= 0.6 is 46.4 Å². The molecule has 2 rings (SSSR count). The molecule has 0 fully saturated rings. The summed E-state index contributed by atoms with van der Waals surface area (Å²) in [6.45, 7) is 0. The number of nitrogens with one attached hydrogen (secondary N) is 1. The summed E-state index contributed by atoms with van der Waals surface area (Å²) in [5, 5.41) is 13.3. The fraction of sp³-hybridized carbons (Fsp3) is 0. The first kappa shape index (κ1) is 18.5. The van der Waals surface area contributed by atoms with E-state index in [0.717, 1.165) is 11.1 Å². The summed E-state index contributed by atoms with van der Waals surface area (Å²) in [4.78, 5) is 0. The number of nitrogens with zero attached hydrogens (tertiary/aromatic N) is 3. The third kappa shape index (κ3) is 5.69. The number of halogens is 4. The molecule has 0 atom stereocenters. The summed E-state index contributed by atoms with van der Waals surface area (Å²) >= 11 is 23.5. The van der Waals surface area contributed by atoms with Gasteiger partial charge in [0.05, 0.1) is 32.5 Å². The minimum Gasteiger partial charge on any atom is -0.367 e. The Morgan fingerprint density at radius 2 is 1.38 bits per heavy atom. The molecule has 9 heteroatoms. The average Bonchev–Trinajstić information content (AvgIpc) is 2.54. The van der Waals surface area contributed by atoms with Crippen molar-refractivity contribution in [3.05, 3.63) is 67.6 Å². The van der Waals surface area contributed by atoms with Crippen molar-refractivity contribution in [1.82, 2.24) is 5.43 Å². The minimum absolute atomic E-state index is 0.0163. The Bertz CT molecular complexity index is 818. The van der Waals surface area contributed by atoms with Crippen LogP contribution in [0.3, 0.4) is 0 Å². The maximum Gasteiger partial charge on any atom is 0.234 e. The van der Waals surface area contributed by atoms with E-state index in [-0.39, 0.29) is 5.96 Å². The third-order valence-electron chi connectivity index (χ3n) is 2.65. The van der Waals surface area contributed by atoms with E-state index in [1.54, 1.807) is 36.4 Å². The van der Waals surface area contributed by atoms with E-state index in [2.05, 4.69) is 20.7 Å². The van der Waals surface area contributed by atoms with Crippen molar-refractivity contribution in [2.45, 2.75) is 0 Å². The highest BCUT2D eigenvalue weighted by Gasteiger charge is 1.98. The normalized spacial score (nSPS) is 12.2. The summed E-state index contributed by atoms with van der Waals surface area (Å²) in [6.07, 6.45) is 3.01. The lowest BCUT2D eigenvalue weighted by Gasteiger charge is -1.98. The largest absolute Gasteiger partial charge is 0.367 e. The van der Waals surface area contributed by atoms with Crippen LogP contribution in [0.4, 0.5) is 0 Å². The van der Waals surface area contributed by atoms with Crippen molar-refractivity contribution in [1.29, 1.82) is 0 Å². The molecule has 0 aliphatic carbocycles. The van der Waals surface area contributed by atoms with Crippen LogP contribution in [0.2, 0.25) is 20.1 Å². The summed E-state index contributed by atoms with van der Waals surface area (Å²) in [5.41, 5.74) is 9.65. The lowest BCUT2D eigenvalue weighted by atomic mass is 10.2. The van der Waals surface area contributed by atoms with E-state index in [0.29, 0.717) is 20.1 Å². The highest BCUT2D eigenvalue weighted by molar-refractivity contribution is 6.42. The molecular weight excluding hydrogens is 392 g/mol. The van der Waals surface area contributed by atoms with Gasteiger partial charge in [-0.2, -0.15) is 10.2 Å². The fourth-order valence-electron chi connectivity index (χ4n) is 1.54. The van der Waals surface area contributed by atoms with Gasteiger partial charge in [0.25, 0.3) is 0 Å². The predicted molar refractivity (Wildman–Crippen MR) is 103 cm³/mol. The molecule has 0 amide bonds. The fourth-order valence-corrected chi connectivity index (χ4v) is 2.15. The third-order valence-corrected chi connectivity index (χ3v) is 4.13. The van der Waals surface area contributed by atoms with E-state index in [1.165, 1.54) is 12.4 Å². The lowest BCUT2D eigenvalue weighted by Crippen LogP contribution is -2.26. The van der Waals surface area contributed by atoms with Gasteiger partial charge in [-0.05, 0) is 35.4 Å². The zero-order valence-corrected chi connectivity index (χ0v) is 15.1. The molecule has 0 unspecified atom stereocenters. The molecule has 3 N–H and O–H groups in total. The van der Waals surface area contributed by atoms with E-state index in [9.17, 15) is 0 Å². The molecule has 0 aromatic heterocycles. The Morgan fingerprint density at radius 1 is 0.833 bits per heavy atom. The molecule has 0 aliphatic rings. The van der Waals surface area contributed by atoms with Crippen molar-refractivity contribution >= 4 is 64.8 Å². The zero-order valence-electron chi connectivity index (χ0n) is 12.0. The number of rotatable bonds is 4. The van der Waals surface area contributed by atoms with E-state index in [1.807, 2.05) is 0 Å². The first-order valence-electron chi connectivity index (χ1n) is 6.51. The number of hydrogen-bond donors (Lipinski definition) is 2. The zero-order chi connectivity index (χ0) is 17.5. The standard InChI is InChI=1S/C15H11Cl4N5/c16-11-3-1-9(5-13(11)18)7-21-23-15(20)24-22-8-10-2-4-12(17)14(19)6-10/h1-8H,(H3,20,23,24)/b21-7-,22-8-. The molecular formula is C15H11Cl4N5. The Balaban J connectivity index is 1.93. The number of hydrazone groups is 1. The van der Waals surface area contributed by atoms with Gasteiger partial charge in [-0.3, -0.25) is 0 Å². The van der Waals surface area contributed by atoms with E-state index < -0.39 is 0 Å². The molecule has 0 saturated heterocycles. The summed E-state index contributed by atoms with van der Waals surface area (Å²) < 4.78 is 0. The van der Waals surface area contributed by atoms with Crippen molar-refractivity contribution in [3.63, 3.8) is 0 Å². The van der Waals surface area contributed by atoms with Crippen LogP contribution in [0, 0.1) is 0 Å². The van der Waals surface area contributed by atoms with Gasteiger partial charge < -0.3 is 5.73 Å². The lowest BCUT2D eigenvalue weighted by molar-refractivity contribution is 0.994. The second-order valence-electron chi connectivity index (χ2n) is 4.45. The van der Waals surface area contributed by atoms with E-state index >= 15 is 0 Å². The SMILES string of the molecule is NC(=N/N=C\c1ccc(Cl)c(Cl)c1)N/N=C\c1ccc(Cl)c(Cl)c1. The molecule has 5 nitrogen and oxygen atoms in total. The summed E-state index contributed by atoms with van der Waals surface area (Å²) in [7, 11) is 0. The number of nitrogens with two attached hydrogens (primary N) is 1. The highest BCUT2D eigenvalue weighted by Crippen LogP contribution is 2.22. The second kappa shape index (κ2) is 8.89. The minimum atomic E-state index is 0.0163. The summed E-state index contributed by atoms with van der Waals surface area (Å²) in [6, 6.07) is 10.2. The Hall–Kier alpha value is -1.79. The highest BCUT2D eigenvalue weighted by atomic mass is 35.5. The van der Waals surface area contributed by atoms with Gasteiger partial charge in [-0.25, -0.2) is 5.43 Å². The van der Waals surface area contributed by atoms with Gasteiger partial charge in [-0.15, -0.1) is 5.10 Å². The van der Waals surface area contributed by atoms with Crippen LogP contribution in [0.5, 0.6) is 0 Å².